The fraction of sp³-hybridized carbons (Fsp3) is 0.417. The predicted octanol–water partition coefficient (Wildman–Crippen LogP) is 2.00. The Balaban J connectivity index is 1.55. The van der Waals surface area contributed by atoms with Crippen LogP contribution in [0.2, 0.25) is 0 Å². The van der Waals surface area contributed by atoms with Crippen LogP contribution in [0.1, 0.15) is 59.0 Å². The zero-order chi connectivity index (χ0) is 26.5. The number of carbonyl (C=O) groups is 1. The van der Waals surface area contributed by atoms with E-state index >= 15 is 0 Å². The van der Waals surface area contributed by atoms with Crippen LogP contribution in [0.3, 0.4) is 0 Å². The van der Waals surface area contributed by atoms with Crippen molar-refractivity contribution in [3.63, 3.8) is 0 Å². The molecule has 3 aliphatic rings. The lowest BCUT2D eigenvalue weighted by Crippen LogP contribution is -2.50. The maximum absolute atomic E-state index is 13.5. The summed E-state index contributed by atoms with van der Waals surface area (Å²) < 4.78 is 49.2. The first kappa shape index (κ1) is 25.1. The molecule has 1 amide bonds. The normalized spacial score (nSPS) is 20.9. The molecule has 3 aromatic rings. The Morgan fingerprint density at radius 2 is 1.92 bits per heavy atom. The van der Waals surface area contributed by atoms with Crippen molar-refractivity contribution in [3.05, 3.63) is 69.0 Å². The fourth-order valence-electron chi connectivity index (χ4n) is 5.25. The molecule has 0 radical (unpaired) electrons. The molecule has 6 rings (SSSR count). The average molecular weight is 532 g/mol. The molecule has 0 saturated heterocycles. The van der Waals surface area contributed by atoms with E-state index in [1.54, 1.807) is 0 Å². The molecule has 2 aromatic heterocycles. The molecule has 11 nitrogen and oxygen atoms in total. The van der Waals surface area contributed by atoms with E-state index in [9.17, 15) is 27.5 Å². The van der Waals surface area contributed by atoms with Crippen molar-refractivity contribution in [2.45, 2.75) is 63.1 Å². The van der Waals surface area contributed by atoms with Gasteiger partial charge in [-0.3, -0.25) is 14.2 Å². The van der Waals surface area contributed by atoms with Crippen molar-refractivity contribution in [3.8, 4) is 5.75 Å². The summed E-state index contributed by atoms with van der Waals surface area (Å²) in [7, 11) is -4.14. The van der Waals surface area contributed by atoms with Crippen LogP contribution < -0.4 is 15.6 Å². The topological polar surface area (TPSA) is 156 Å². The molecule has 37 heavy (non-hydrogen) atoms. The van der Waals surface area contributed by atoms with Gasteiger partial charge in [-0.05, 0) is 63.1 Å². The number of fused-ring (bicyclic) bond motifs is 2. The van der Waals surface area contributed by atoms with Gasteiger partial charge in [-0.25, -0.2) is 17.8 Å². The lowest BCUT2D eigenvalue weighted by Gasteiger charge is -2.36. The second kappa shape index (κ2) is 9.06. The molecular formula is C24H26FN5O6S. The molecule has 13 heteroatoms. The molecule has 4 heterocycles. The molecule has 196 valence electrons. The van der Waals surface area contributed by atoms with Crippen molar-refractivity contribution >= 4 is 15.9 Å². The van der Waals surface area contributed by atoms with Crippen molar-refractivity contribution in [2.75, 3.05) is 0 Å². The Hall–Kier alpha value is -3.58. The smallest absolute Gasteiger partial charge is 0.296 e. The van der Waals surface area contributed by atoms with Crippen molar-refractivity contribution in [1.82, 2.24) is 24.7 Å². The first-order valence-corrected chi connectivity index (χ1v) is 13.3. The molecule has 2 aliphatic heterocycles. The highest BCUT2D eigenvalue weighted by Gasteiger charge is 2.48. The quantitative estimate of drug-likeness (QED) is 0.436. The third kappa shape index (κ3) is 4.42. The highest BCUT2D eigenvalue weighted by molar-refractivity contribution is 7.89. The van der Waals surface area contributed by atoms with Gasteiger partial charge in [-0.2, -0.15) is 4.72 Å². The Labute approximate surface area is 211 Å². The summed E-state index contributed by atoms with van der Waals surface area (Å²) in [5, 5.41) is 16.9. The van der Waals surface area contributed by atoms with Crippen molar-refractivity contribution in [2.24, 2.45) is 5.92 Å². The minimum Gasteiger partial charge on any atom is -0.501 e. The summed E-state index contributed by atoms with van der Waals surface area (Å²) in [6.45, 7) is 3.27. The zero-order valence-corrected chi connectivity index (χ0v) is 21.1. The average Bonchev–Trinajstić information content (AvgIpc) is 3.04. The monoisotopic (exact) mass is 531 g/mol. The summed E-state index contributed by atoms with van der Waals surface area (Å²) in [6.07, 6.45) is 1.96. The number of halogens is 1. The number of aromatic nitrogens is 3. The molecule has 0 spiro atoms. The van der Waals surface area contributed by atoms with E-state index in [2.05, 4.69) is 20.2 Å². The number of nitrogens with one attached hydrogen (secondary N) is 2. The summed E-state index contributed by atoms with van der Waals surface area (Å²) in [5.41, 5.74) is -1.80. The Bertz CT molecular complexity index is 1520. The molecule has 1 aliphatic carbocycles. The minimum atomic E-state index is -4.14. The number of hydrogen-bond donors (Lipinski definition) is 3. The number of rotatable bonds is 6. The van der Waals surface area contributed by atoms with Crippen LogP contribution in [0.25, 0.3) is 0 Å². The van der Waals surface area contributed by atoms with Crippen LogP contribution in [0.5, 0.6) is 5.75 Å². The van der Waals surface area contributed by atoms with Gasteiger partial charge in [0.15, 0.2) is 11.5 Å². The standard InChI is InChI=1S/C24H26FN5O6S/c1-13-20(14(2)36-28-13)37(34,35)29-24-9-7-16(8-10-24)12-30-22(33)19(31)18(27-23(24)30)21(32)26-11-15-3-5-17(25)6-4-15/h3-6,16,29,31H,7-12H2,1-2H3,(H,26,32). The fourth-order valence-corrected chi connectivity index (χ4v) is 7.01. The maximum Gasteiger partial charge on any atom is 0.296 e. The summed E-state index contributed by atoms with van der Waals surface area (Å²) >= 11 is 0. The third-order valence-electron chi connectivity index (χ3n) is 7.12. The summed E-state index contributed by atoms with van der Waals surface area (Å²) in [4.78, 5) is 30.5. The van der Waals surface area contributed by atoms with E-state index in [0.29, 0.717) is 31.2 Å². The SMILES string of the molecule is Cc1noc(C)c1S(=O)(=O)NC12CCC(CC1)Cn1c2nc(C(=O)NCc2ccc(F)cc2)c(O)c1=O. The van der Waals surface area contributed by atoms with Gasteiger partial charge in [0.2, 0.25) is 15.8 Å². The van der Waals surface area contributed by atoms with Crippen molar-refractivity contribution < 1.29 is 27.2 Å². The first-order chi connectivity index (χ1) is 17.5. The van der Waals surface area contributed by atoms with Crippen LogP contribution in [0, 0.1) is 25.6 Å². The number of hydrogen-bond acceptors (Lipinski definition) is 8. The Morgan fingerprint density at radius 1 is 1.24 bits per heavy atom. The van der Waals surface area contributed by atoms with Gasteiger partial charge >= 0.3 is 0 Å². The second-order valence-corrected chi connectivity index (χ2v) is 11.3. The molecule has 1 fully saturated rings. The van der Waals surface area contributed by atoms with Gasteiger partial charge in [-0.15, -0.1) is 0 Å². The molecule has 0 unspecified atom stereocenters. The number of carbonyl (C=O) groups excluding carboxylic acids is 1. The summed E-state index contributed by atoms with van der Waals surface area (Å²) in [6, 6.07) is 5.48. The molecule has 0 atom stereocenters. The van der Waals surface area contributed by atoms with Crippen LogP contribution in [-0.4, -0.2) is 34.1 Å². The number of aromatic hydroxyl groups is 1. The number of nitrogens with zero attached hydrogens (tertiary/aromatic N) is 3. The van der Waals surface area contributed by atoms with Gasteiger partial charge in [0, 0.05) is 13.1 Å². The minimum absolute atomic E-state index is 0.00450. The van der Waals surface area contributed by atoms with Crippen LogP contribution >= 0.6 is 0 Å². The summed E-state index contributed by atoms with van der Waals surface area (Å²) in [5.74, 6) is -1.75. The molecule has 1 saturated carbocycles. The zero-order valence-electron chi connectivity index (χ0n) is 20.2. The highest BCUT2D eigenvalue weighted by Crippen LogP contribution is 2.44. The van der Waals surface area contributed by atoms with E-state index in [0.717, 1.165) is 0 Å². The predicted molar refractivity (Wildman–Crippen MR) is 128 cm³/mol. The number of sulfonamides is 1. The molecule has 2 bridgehead atoms. The van der Waals surface area contributed by atoms with Crippen LogP contribution in [0.15, 0.2) is 38.5 Å². The third-order valence-corrected chi connectivity index (χ3v) is 8.90. The molecule has 1 aromatic carbocycles. The van der Waals surface area contributed by atoms with Gasteiger partial charge in [-0.1, -0.05) is 17.3 Å². The van der Waals surface area contributed by atoms with Gasteiger partial charge < -0.3 is 14.9 Å². The molecular weight excluding hydrogens is 505 g/mol. The van der Waals surface area contributed by atoms with E-state index in [1.165, 1.54) is 42.7 Å². The number of amides is 1. The Morgan fingerprint density at radius 3 is 2.54 bits per heavy atom. The van der Waals surface area contributed by atoms with Crippen LogP contribution in [-0.2, 0) is 28.7 Å². The van der Waals surface area contributed by atoms with Gasteiger partial charge in [0.25, 0.3) is 11.5 Å². The second-order valence-electron chi connectivity index (χ2n) is 9.64. The van der Waals surface area contributed by atoms with Crippen LogP contribution in [0.4, 0.5) is 4.39 Å². The van der Waals surface area contributed by atoms with E-state index in [1.807, 2.05) is 0 Å². The maximum atomic E-state index is 13.5. The largest absolute Gasteiger partial charge is 0.501 e. The van der Waals surface area contributed by atoms with Gasteiger partial charge in [0.05, 0.1) is 5.54 Å². The number of aryl methyl sites for hydroxylation is 2. The lowest BCUT2D eigenvalue weighted by atomic mass is 9.78. The van der Waals surface area contributed by atoms with E-state index in [-0.39, 0.29) is 41.2 Å². The lowest BCUT2D eigenvalue weighted by molar-refractivity contribution is 0.0941. The first-order valence-electron chi connectivity index (χ1n) is 11.8. The van der Waals surface area contributed by atoms with Gasteiger partial charge in [0.1, 0.15) is 22.2 Å². The Kier molecular flexibility index (Phi) is 6.15. The molecule has 3 N–H and O–H groups in total. The number of benzene rings is 1. The highest BCUT2D eigenvalue weighted by atomic mass is 32.2. The van der Waals surface area contributed by atoms with E-state index < -0.39 is 44.3 Å². The van der Waals surface area contributed by atoms with E-state index in [4.69, 9.17) is 4.52 Å². The van der Waals surface area contributed by atoms with Crippen molar-refractivity contribution in [1.29, 1.82) is 0 Å².